The van der Waals surface area contributed by atoms with E-state index in [9.17, 15) is 4.79 Å². The molecule has 0 unspecified atom stereocenters. The SMILES string of the molecule is Nc1nc(-c2cc(Cl)ccc2N[C]=O)c2ccccc2n1. The van der Waals surface area contributed by atoms with E-state index in [2.05, 4.69) is 15.3 Å². The average molecular weight is 298 g/mol. The number of carbonyl (C=O) groups excluding carboxylic acids is 1. The second kappa shape index (κ2) is 5.38. The summed E-state index contributed by atoms with van der Waals surface area (Å²) in [5.41, 5.74) is 8.32. The van der Waals surface area contributed by atoms with Crippen molar-refractivity contribution >= 4 is 40.5 Å². The van der Waals surface area contributed by atoms with Gasteiger partial charge in [-0.05, 0) is 24.3 Å². The van der Waals surface area contributed by atoms with E-state index in [0.717, 1.165) is 10.9 Å². The molecule has 3 N–H and O–H groups in total. The van der Waals surface area contributed by atoms with E-state index in [-0.39, 0.29) is 5.95 Å². The van der Waals surface area contributed by atoms with Gasteiger partial charge in [0.1, 0.15) is 0 Å². The molecule has 0 saturated carbocycles. The molecule has 0 aliphatic carbocycles. The van der Waals surface area contributed by atoms with Crippen molar-refractivity contribution in [3.05, 3.63) is 47.5 Å². The van der Waals surface area contributed by atoms with Crippen LogP contribution in [0.2, 0.25) is 5.02 Å². The van der Waals surface area contributed by atoms with Crippen LogP contribution < -0.4 is 11.1 Å². The monoisotopic (exact) mass is 297 g/mol. The topological polar surface area (TPSA) is 80.9 Å². The van der Waals surface area contributed by atoms with Crippen molar-refractivity contribution in [1.82, 2.24) is 9.97 Å². The summed E-state index contributed by atoms with van der Waals surface area (Å²) in [6.07, 6.45) is 1.66. The fourth-order valence-electron chi connectivity index (χ4n) is 2.18. The number of halogens is 1. The van der Waals surface area contributed by atoms with E-state index in [0.29, 0.717) is 22.0 Å². The number of amides is 1. The number of anilines is 2. The van der Waals surface area contributed by atoms with Gasteiger partial charge in [-0.1, -0.05) is 29.8 Å². The fraction of sp³-hybridized carbons (Fsp3) is 0. The van der Waals surface area contributed by atoms with Crippen LogP contribution in [-0.2, 0) is 4.79 Å². The Kier molecular flexibility index (Phi) is 3.41. The summed E-state index contributed by atoms with van der Waals surface area (Å²) >= 11 is 6.06. The number of nitrogen functional groups attached to an aromatic ring is 1. The van der Waals surface area contributed by atoms with Crippen LogP contribution >= 0.6 is 11.6 Å². The molecule has 1 radical (unpaired) electrons. The first-order chi connectivity index (χ1) is 10.2. The van der Waals surface area contributed by atoms with Crippen LogP contribution in [0.15, 0.2) is 42.5 Å². The minimum absolute atomic E-state index is 0.157. The molecule has 0 bridgehead atoms. The zero-order valence-corrected chi connectivity index (χ0v) is 11.6. The van der Waals surface area contributed by atoms with Gasteiger partial charge in [-0.15, -0.1) is 0 Å². The van der Waals surface area contributed by atoms with Gasteiger partial charge in [-0.2, -0.15) is 0 Å². The molecule has 0 aliphatic heterocycles. The predicted molar refractivity (Wildman–Crippen MR) is 83.7 cm³/mol. The van der Waals surface area contributed by atoms with Crippen LogP contribution in [-0.4, -0.2) is 16.4 Å². The number of nitrogens with two attached hydrogens (primary N) is 1. The lowest BCUT2D eigenvalue weighted by Gasteiger charge is -2.11. The van der Waals surface area contributed by atoms with Crippen molar-refractivity contribution in [1.29, 1.82) is 0 Å². The Morgan fingerprint density at radius 3 is 2.76 bits per heavy atom. The highest BCUT2D eigenvalue weighted by atomic mass is 35.5. The fourth-order valence-corrected chi connectivity index (χ4v) is 2.35. The lowest BCUT2D eigenvalue weighted by Crippen LogP contribution is -2.01. The largest absolute Gasteiger partial charge is 0.368 e. The maximum absolute atomic E-state index is 10.6. The van der Waals surface area contributed by atoms with Crippen LogP contribution in [0, 0.1) is 0 Å². The van der Waals surface area contributed by atoms with Crippen molar-refractivity contribution < 1.29 is 4.79 Å². The summed E-state index contributed by atoms with van der Waals surface area (Å²) in [6, 6.07) is 12.6. The number of aromatic nitrogens is 2. The van der Waals surface area contributed by atoms with E-state index in [1.807, 2.05) is 24.3 Å². The summed E-state index contributed by atoms with van der Waals surface area (Å²) in [6.45, 7) is 0. The van der Waals surface area contributed by atoms with Gasteiger partial charge in [0, 0.05) is 16.0 Å². The first-order valence-corrected chi connectivity index (χ1v) is 6.52. The maximum atomic E-state index is 10.6. The highest BCUT2D eigenvalue weighted by molar-refractivity contribution is 6.31. The van der Waals surface area contributed by atoms with Gasteiger partial charge >= 0.3 is 6.41 Å². The van der Waals surface area contributed by atoms with Crippen LogP contribution in [0.3, 0.4) is 0 Å². The van der Waals surface area contributed by atoms with Gasteiger partial charge in [0.05, 0.1) is 16.9 Å². The molecule has 1 amide bonds. The first-order valence-electron chi connectivity index (χ1n) is 6.14. The van der Waals surface area contributed by atoms with Gasteiger partial charge < -0.3 is 11.1 Å². The summed E-state index contributed by atoms with van der Waals surface area (Å²) in [4.78, 5) is 19.1. The van der Waals surface area contributed by atoms with Crippen molar-refractivity contribution in [2.24, 2.45) is 0 Å². The van der Waals surface area contributed by atoms with Crippen LogP contribution in [0.5, 0.6) is 0 Å². The lowest BCUT2D eigenvalue weighted by atomic mass is 10.0. The zero-order valence-electron chi connectivity index (χ0n) is 10.8. The number of hydrogen-bond acceptors (Lipinski definition) is 4. The second-order valence-electron chi connectivity index (χ2n) is 4.36. The van der Waals surface area contributed by atoms with Crippen LogP contribution in [0.1, 0.15) is 0 Å². The van der Waals surface area contributed by atoms with Crippen molar-refractivity contribution in [3.63, 3.8) is 0 Å². The number of nitrogens with zero attached hydrogens (tertiary/aromatic N) is 2. The molecule has 5 nitrogen and oxygen atoms in total. The van der Waals surface area contributed by atoms with E-state index in [4.69, 9.17) is 17.3 Å². The summed E-state index contributed by atoms with van der Waals surface area (Å²) < 4.78 is 0. The Morgan fingerprint density at radius 2 is 1.95 bits per heavy atom. The van der Waals surface area contributed by atoms with Gasteiger partial charge in [0.25, 0.3) is 0 Å². The number of nitrogens with one attached hydrogen (secondary N) is 1. The number of rotatable bonds is 3. The average Bonchev–Trinajstić information content (AvgIpc) is 2.48. The third kappa shape index (κ3) is 2.51. The quantitative estimate of drug-likeness (QED) is 0.728. The molecule has 21 heavy (non-hydrogen) atoms. The van der Waals surface area contributed by atoms with Crippen molar-refractivity contribution in [2.75, 3.05) is 11.1 Å². The van der Waals surface area contributed by atoms with Crippen LogP contribution in [0.4, 0.5) is 11.6 Å². The second-order valence-corrected chi connectivity index (χ2v) is 4.80. The third-order valence-electron chi connectivity index (χ3n) is 3.04. The van der Waals surface area contributed by atoms with E-state index in [1.165, 1.54) is 0 Å². The number of hydrogen-bond donors (Lipinski definition) is 2. The minimum atomic E-state index is 0.157. The summed E-state index contributed by atoms with van der Waals surface area (Å²) in [5, 5.41) is 3.87. The molecule has 1 heterocycles. The third-order valence-corrected chi connectivity index (χ3v) is 3.28. The molecule has 0 atom stereocenters. The summed E-state index contributed by atoms with van der Waals surface area (Å²) in [5.74, 6) is 0.157. The van der Waals surface area contributed by atoms with Crippen molar-refractivity contribution in [2.45, 2.75) is 0 Å². The minimum Gasteiger partial charge on any atom is -0.368 e. The highest BCUT2D eigenvalue weighted by Crippen LogP contribution is 2.33. The Balaban J connectivity index is 2.34. The predicted octanol–water partition coefficient (Wildman–Crippen LogP) is 3.01. The molecule has 2 aromatic carbocycles. The molecule has 3 aromatic rings. The van der Waals surface area contributed by atoms with E-state index < -0.39 is 0 Å². The first kappa shape index (κ1) is 13.3. The molecule has 6 heteroatoms. The van der Waals surface area contributed by atoms with E-state index in [1.54, 1.807) is 24.6 Å². The van der Waals surface area contributed by atoms with E-state index >= 15 is 0 Å². The number of fused-ring (bicyclic) bond motifs is 1. The number of para-hydroxylation sites is 1. The van der Waals surface area contributed by atoms with Gasteiger partial charge in [0.2, 0.25) is 5.95 Å². The molecule has 0 saturated heterocycles. The Hall–Kier alpha value is -2.66. The molecular weight excluding hydrogens is 288 g/mol. The molecule has 0 fully saturated rings. The Bertz CT molecular complexity index is 835. The number of benzene rings is 2. The lowest BCUT2D eigenvalue weighted by molar-refractivity contribution is 0.561. The van der Waals surface area contributed by atoms with Gasteiger partial charge in [0.15, 0.2) is 0 Å². The highest BCUT2D eigenvalue weighted by Gasteiger charge is 2.13. The molecule has 103 valence electrons. The normalized spacial score (nSPS) is 10.5. The maximum Gasteiger partial charge on any atom is 0.314 e. The molecular formula is C15H10ClN4O. The van der Waals surface area contributed by atoms with Gasteiger partial charge in [-0.25, -0.2) is 9.97 Å². The summed E-state index contributed by atoms with van der Waals surface area (Å²) in [7, 11) is 0. The standard InChI is InChI=1S/C15H10ClN4O/c16-9-5-6-12(18-8-21)11(7-9)14-10-3-1-2-4-13(10)19-15(17)20-14/h1-7H,(H,18,21)(H2,17,19,20). The zero-order chi connectivity index (χ0) is 14.8. The Labute approximate surface area is 125 Å². The Morgan fingerprint density at radius 1 is 1.14 bits per heavy atom. The molecule has 0 aliphatic rings. The smallest absolute Gasteiger partial charge is 0.314 e. The van der Waals surface area contributed by atoms with Gasteiger partial charge in [-0.3, -0.25) is 4.79 Å². The molecule has 3 rings (SSSR count). The molecule has 1 aromatic heterocycles. The van der Waals surface area contributed by atoms with Crippen molar-refractivity contribution in [3.8, 4) is 11.3 Å². The molecule has 0 spiro atoms. The van der Waals surface area contributed by atoms with Crippen LogP contribution in [0.25, 0.3) is 22.2 Å².